The molecule has 0 aliphatic carbocycles. The molecule has 0 aliphatic heterocycles. The van der Waals surface area contributed by atoms with Crippen molar-refractivity contribution < 1.29 is 0 Å². The third-order valence-electron chi connectivity index (χ3n) is 9.42. The maximum absolute atomic E-state index is 5.40. The minimum absolute atomic E-state index is 0.924. The molecule has 0 unspecified atom stereocenters. The Bertz CT molecular complexity index is 2770. The predicted molar refractivity (Wildman–Crippen MR) is 195 cm³/mol. The highest BCUT2D eigenvalue weighted by Gasteiger charge is 2.20. The summed E-state index contributed by atoms with van der Waals surface area (Å²) in [7, 11) is 0. The van der Waals surface area contributed by atoms with Gasteiger partial charge in [-0.05, 0) is 78.9 Å². The van der Waals surface area contributed by atoms with Crippen LogP contribution >= 0.6 is 0 Å². The smallest absolute Gasteiger partial charge is 0.145 e. The lowest BCUT2D eigenvalue weighted by molar-refractivity contribution is 1.10. The first-order chi connectivity index (χ1) is 23.3. The average molecular weight is 601 g/mol. The van der Waals surface area contributed by atoms with Crippen molar-refractivity contribution in [3.63, 3.8) is 0 Å². The van der Waals surface area contributed by atoms with Crippen LogP contribution in [0.1, 0.15) is 0 Å². The molecule has 3 aromatic heterocycles. The van der Waals surface area contributed by atoms with Crippen LogP contribution in [0.3, 0.4) is 0 Å². The summed E-state index contributed by atoms with van der Waals surface area (Å²) in [5, 5.41) is 4.85. The highest BCUT2D eigenvalue weighted by molar-refractivity contribution is 6.14. The van der Waals surface area contributed by atoms with Crippen molar-refractivity contribution in [3.8, 4) is 28.5 Å². The Hall–Kier alpha value is -6.39. The van der Waals surface area contributed by atoms with Gasteiger partial charge in [-0.25, -0.2) is 4.98 Å². The van der Waals surface area contributed by atoms with E-state index < -0.39 is 0 Å². The molecule has 0 radical (unpaired) electrons. The van der Waals surface area contributed by atoms with E-state index in [1.807, 2.05) is 0 Å². The van der Waals surface area contributed by atoms with Gasteiger partial charge in [-0.3, -0.25) is 4.57 Å². The van der Waals surface area contributed by atoms with E-state index in [0.717, 1.165) is 45.0 Å². The lowest BCUT2D eigenvalue weighted by Gasteiger charge is -2.11. The third kappa shape index (κ3) is 3.85. The Morgan fingerprint density at radius 2 is 0.787 bits per heavy atom. The Morgan fingerprint density at radius 1 is 0.319 bits per heavy atom. The summed E-state index contributed by atoms with van der Waals surface area (Å²) in [4.78, 5) is 5.40. The van der Waals surface area contributed by atoms with Gasteiger partial charge in [0.15, 0.2) is 0 Å². The number of fused-ring (bicyclic) bond motifs is 7. The largest absolute Gasteiger partial charge is 0.309 e. The minimum atomic E-state index is 0.924. The lowest BCUT2D eigenvalue weighted by Crippen LogP contribution is -1.98. The van der Waals surface area contributed by atoms with Gasteiger partial charge in [-0.15, -0.1) is 0 Å². The number of rotatable bonds is 4. The van der Waals surface area contributed by atoms with Gasteiger partial charge in [-0.1, -0.05) is 91.0 Å². The summed E-state index contributed by atoms with van der Waals surface area (Å²) in [6.45, 7) is 0. The molecule has 0 saturated carbocycles. The second-order valence-electron chi connectivity index (χ2n) is 12.1. The van der Waals surface area contributed by atoms with Crippen LogP contribution in [0.15, 0.2) is 170 Å². The van der Waals surface area contributed by atoms with Gasteiger partial charge < -0.3 is 9.13 Å². The van der Waals surface area contributed by atoms with E-state index in [9.17, 15) is 0 Å². The second kappa shape index (κ2) is 10.1. The molecule has 0 spiro atoms. The second-order valence-corrected chi connectivity index (χ2v) is 12.1. The lowest BCUT2D eigenvalue weighted by atomic mass is 10.1. The van der Waals surface area contributed by atoms with E-state index in [1.165, 1.54) is 38.1 Å². The number of para-hydroxylation sites is 5. The zero-order valence-corrected chi connectivity index (χ0v) is 25.5. The quantitative estimate of drug-likeness (QED) is 0.197. The van der Waals surface area contributed by atoms with Gasteiger partial charge in [-0.2, -0.15) is 0 Å². The van der Waals surface area contributed by atoms with Crippen LogP contribution in [0, 0.1) is 0 Å². The van der Waals surface area contributed by atoms with E-state index in [0.29, 0.717) is 0 Å². The van der Waals surface area contributed by atoms with Crippen LogP contribution in [0.4, 0.5) is 0 Å². The summed E-state index contributed by atoms with van der Waals surface area (Å²) in [6, 6.07) is 60.6. The van der Waals surface area contributed by atoms with Crippen molar-refractivity contribution in [1.29, 1.82) is 0 Å². The van der Waals surface area contributed by atoms with Crippen molar-refractivity contribution in [1.82, 2.24) is 18.7 Å². The van der Waals surface area contributed by atoms with Crippen LogP contribution in [0.5, 0.6) is 0 Å². The van der Waals surface area contributed by atoms with Crippen molar-refractivity contribution in [3.05, 3.63) is 170 Å². The van der Waals surface area contributed by atoms with Crippen molar-refractivity contribution in [2.45, 2.75) is 0 Å². The zero-order valence-electron chi connectivity index (χ0n) is 25.5. The molecule has 0 saturated heterocycles. The molecular formula is C43H28N4. The van der Waals surface area contributed by atoms with E-state index >= 15 is 0 Å². The van der Waals surface area contributed by atoms with Gasteiger partial charge in [0.1, 0.15) is 5.82 Å². The molecular weight excluding hydrogens is 573 g/mol. The summed E-state index contributed by atoms with van der Waals surface area (Å²) in [5.74, 6) is 0.924. The first-order valence-corrected chi connectivity index (χ1v) is 16.0. The van der Waals surface area contributed by atoms with Gasteiger partial charge in [0.25, 0.3) is 0 Å². The molecule has 0 bridgehead atoms. The van der Waals surface area contributed by atoms with Crippen LogP contribution in [0.2, 0.25) is 0 Å². The van der Waals surface area contributed by atoms with Crippen LogP contribution in [-0.2, 0) is 0 Å². The first-order valence-electron chi connectivity index (χ1n) is 16.0. The molecule has 0 atom stereocenters. The number of nitrogens with zero attached hydrogens (tertiary/aromatic N) is 4. The number of imidazole rings is 1. The van der Waals surface area contributed by atoms with E-state index in [-0.39, 0.29) is 0 Å². The van der Waals surface area contributed by atoms with Gasteiger partial charge in [0.2, 0.25) is 0 Å². The van der Waals surface area contributed by atoms with Crippen LogP contribution in [-0.4, -0.2) is 18.7 Å². The molecule has 7 aromatic carbocycles. The molecule has 10 rings (SSSR count). The van der Waals surface area contributed by atoms with Crippen molar-refractivity contribution >= 4 is 54.6 Å². The number of benzene rings is 7. The SMILES string of the molecule is c1ccc(-n2c(-c3ccc4c(c3)c3ccccc3n4-c3ccccc3)nc3cc4c5ccccc5n(-c5ccccc5)c4cc32)cc1. The Morgan fingerprint density at radius 3 is 1.38 bits per heavy atom. The number of hydrogen-bond donors (Lipinski definition) is 0. The maximum Gasteiger partial charge on any atom is 0.145 e. The standard InChI is InChI=1S/C43H28N4/c1-4-14-30(15-5-1)45-38-22-12-10-20-33(38)35-26-29(24-25-40(35)45)43-44-37-27-36-34-21-11-13-23-39(34)46(31-16-6-2-7-17-31)41(36)28-42(37)47(43)32-18-8-3-9-19-32/h1-28H. The monoisotopic (exact) mass is 600 g/mol. The van der Waals surface area contributed by atoms with Gasteiger partial charge in [0.05, 0.1) is 33.1 Å². The highest BCUT2D eigenvalue weighted by atomic mass is 15.1. The number of aromatic nitrogens is 4. The molecule has 47 heavy (non-hydrogen) atoms. The fourth-order valence-corrected chi connectivity index (χ4v) is 7.39. The Labute approximate surface area is 271 Å². The van der Waals surface area contributed by atoms with E-state index in [2.05, 4.69) is 184 Å². The molecule has 3 heterocycles. The fraction of sp³-hybridized carbons (Fsp3) is 0. The summed E-state index contributed by atoms with van der Waals surface area (Å²) < 4.78 is 7.05. The van der Waals surface area contributed by atoms with Gasteiger partial charge in [0, 0.05) is 44.2 Å². The molecule has 0 N–H and O–H groups in total. The van der Waals surface area contributed by atoms with Gasteiger partial charge >= 0.3 is 0 Å². The molecule has 220 valence electrons. The van der Waals surface area contributed by atoms with Crippen LogP contribution in [0.25, 0.3) is 83.1 Å². The first kappa shape index (κ1) is 25.9. The average Bonchev–Trinajstić information content (AvgIpc) is 3.79. The third-order valence-corrected chi connectivity index (χ3v) is 9.42. The molecule has 4 heteroatoms. The highest BCUT2D eigenvalue weighted by Crippen LogP contribution is 2.39. The fourth-order valence-electron chi connectivity index (χ4n) is 7.39. The zero-order chi connectivity index (χ0) is 30.9. The summed E-state index contributed by atoms with van der Waals surface area (Å²) in [5.41, 5.74) is 11.2. The van der Waals surface area contributed by atoms with Crippen molar-refractivity contribution in [2.24, 2.45) is 0 Å². The van der Waals surface area contributed by atoms with Crippen molar-refractivity contribution in [2.75, 3.05) is 0 Å². The predicted octanol–water partition coefficient (Wildman–Crippen LogP) is 10.9. The van der Waals surface area contributed by atoms with E-state index in [1.54, 1.807) is 0 Å². The number of hydrogen-bond acceptors (Lipinski definition) is 1. The molecule has 4 nitrogen and oxygen atoms in total. The molecule has 0 amide bonds. The van der Waals surface area contributed by atoms with E-state index in [4.69, 9.17) is 4.98 Å². The Balaban J connectivity index is 1.28. The minimum Gasteiger partial charge on any atom is -0.309 e. The molecule has 10 aromatic rings. The Kier molecular flexibility index (Phi) is 5.54. The topological polar surface area (TPSA) is 27.7 Å². The molecule has 0 aliphatic rings. The summed E-state index contributed by atoms with van der Waals surface area (Å²) in [6.07, 6.45) is 0. The van der Waals surface area contributed by atoms with Crippen LogP contribution < -0.4 is 0 Å². The molecule has 0 fully saturated rings. The normalized spacial score (nSPS) is 11.8. The maximum atomic E-state index is 5.40. The summed E-state index contributed by atoms with van der Waals surface area (Å²) >= 11 is 0.